The van der Waals surface area contributed by atoms with Crippen LogP contribution in [0.4, 0.5) is 0 Å². The Bertz CT molecular complexity index is 243. The van der Waals surface area contributed by atoms with Crippen LogP contribution in [0.5, 0.6) is 0 Å². The summed E-state index contributed by atoms with van der Waals surface area (Å²) in [5.41, 5.74) is 0.742. The number of hydrogen-bond donors (Lipinski definition) is 1. The number of halogens is 1. The van der Waals surface area contributed by atoms with Crippen LogP contribution >= 0.6 is 15.9 Å². The highest BCUT2D eigenvalue weighted by atomic mass is 79.9. The van der Waals surface area contributed by atoms with Crippen LogP contribution in [0.1, 0.15) is 5.56 Å². The molecule has 0 radical (unpaired) electrons. The number of alkyl halides is 1. The maximum Gasteiger partial charge on any atom is 0.251 e. The molecule has 0 fully saturated rings. The van der Waals surface area contributed by atoms with Gasteiger partial charge in [-0.25, -0.2) is 0 Å². The number of aromatic nitrogens is 1. The van der Waals surface area contributed by atoms with E-state index in [1.807, 2.05) is 0 Å². The first-order chi connectivity index (χ1) is 4.34. The Labute approximate surface area is 61.0 Å². The van der Waals surface area contributed by atoms with Crippen molar-refractivity contribution in [2.24, 2.45) is 0 Å². The van der Waals surface area contributed by atoms with Crippen molar-refractivity contribution in [1.82, 2.24) is 4.98 Å². The average molecular weight is 188 g/mol. The first-order valence-corrected chi connectivity index (χ1v) is 3.69. The van der Waals surface area contributed by atoms with Gasteiger partial charge in [-0.2, -0.15) is 0 Å². The zero-order valence-electron chi connectivity index (χ0n) is 4.73. The molecule has 0 unspecified atom stereocenters. The highest BCUT2D eigenvalue weighted by Gasteiger charge is 1.91. The third-order valence-corrected chi connectivity index (χ3v) is 1.65. The van der Waals surface area contributed by atoms with Gasteiger partial charge < -0.3 is 4.98 Å². The molecule has 0 atom stereocenters. The smallest absolute Gasteiger partial charge is 0.251 e. The van der Waals surface area contributed by atoms with E-state index < -0.39 is 0 Å². The number of aromatic amines is 1. The second-order valence-corrected chi connectivity index (χ2v) is 2.22. The largest absolute Gasteiger partial charge is 0.329 e. The lowest BCUT2D eigenvalue weighted by Gasteiger charge is -1.88. The Balaban J connectivity index is 3.16. The lowest BCUT2D eigenvalue weighted by Crippen LogP contribution is -2.08. The number of hydrogen-bond acceptors (Lipinski definition) is 1. The van der Waals surface area contributed by atoms with Crippen molar-refractivity contribution in [3.8, 4) is 0 Å². The minimum Gasteiger partial charge on any atom is -0.329 e. The van der Waals surface area contributed by atoms with Gasteiger partial charge in [0.25, 0.3) is 5.56 Å². The Morgan fingerprint density at radius 3 is 2.89 bits per heavy atom. The van der Waals surface area contributed by atoms with Crippen LogP contribution in [0, 0.1) is 0 Å². The van der Waals surface area contributed by atoms with E-state index in [4.69, 9.17) is 0 Å². The normalized spacial score (nSPS) is 9.44. The lowest BCUT2D eigenvalue weighted by atomic mass is 10.3. The molecule has 3 heteroatoms. The van der Waals surface area contributed by atoms with E-state index in [0.717, 1.165) is 5.56 Å². The summed E-state index contributed by atoms with van der Waals surface area (Å²) < 4.78 is 0. The zero-order valence-corrected chi connectivity index (χ0v) is 6.31. The van der Waals surface area contributed by atoms with E-state index >= 15 is 0 Å². The Kier molecular flexibility index (Phi) is 2.05. The summed E-state index contributed by atoms with van der Waals surface area (Å²) in [6.45, 7) is 0. The molecular formula is C6H6BrNO. The maximum atomic E-state index is 10.8. The van der Waals surface area contributed by atoms with Crippen LogP contribution in [0.15, 0.2) is 23.1 Å². The van der Waals surface area contributed by atoms with Crippen molar-refractivity contribution < 1.29 is 0 Å². The number of rotatable bonds is 1. The number of nitrogens with one attached hydrogen (secondary N) is 1. The molecule has 0 saturated carbocycles. The van der Waals surface area contributed by atoms with Gasteiger partial charge in [0, 0.05) is 17.1 Å². The standard InChI is InChI=1S/C6H6BrNO/c7-4-5-2-1-3-8-6(5)9/h1-3H,4H2,(H,8,9). The van der Waals surface area contributed by atoms with E-state index in [-0.39, 0.29) is 5.56 Å². The van der Waals surface area contributed by atoms with Crippen molar-refractivity contribution in [1.29, 1.82) is 0 Å². The Hall–Kier alpha value is -0.570. The predicted molar refractivity (Wildman–Crippen MR) is 39.7 cm³/mol. The lowest BCUT2D eigenvalue weighted by molar-refractivity contribution is 1.17. The molecule has 2 nitrogen and oxygen atoms in total. The molecule has 0 aromatic carbocycles. The van der Waals surface area contributed by atoms with E-state index in [1.165, 1.54) is 0 Å². The van der Waals surface area contributed by atoms with E-state index in [1.54, 1.807) is 18.3 Å². The van der Waals surface area contributed by atoms with Gasteiger partial charge in [0.05, 0.1) is 0 Å². The van der Waals surface area contributed by atoms with Crippen LogP contribution < -0.4 is 5.56 Å². The second kappa shape index (κ2) is 2.82. The molecule has 0 saturated heterocycles. The van der Waals surface area contributed by atoms with E-state index in [2.05, 4.69) is 20.9 Å². The molecule has 1 aromatic rings. The summed E-state index contributed by atoms with van der Waals surface area (Å²) in [4.78, 5) is 13.3. The zero-order chi connectivity index (χ0) is 6.69. The monoisotopic (exact) mass is 187 g/mol. The molecule has 1 N–H and O–H groups in total. The highest BCUT2D eigenvalue weighted by Crippen LogP contribution is 1.95. The van der Waals surface area contributed by atoms with E-state index in [0.29, 0.717) is 5.33 Å². The van der Waals surface area contributed by atoms with Crippen molar-refractivity contribution in [2.45, 2.75) is 5.33 Å². The topological polar surface area (TPSA) is 32.9 Å². The minimum absolute atomic E-state index is 0.0191. The first kappa shape index (κ1) is 6.55. The fourth-order valence-corrected chi connectivity index (χ4v) is 1.00. The molecule has 0 bridgehead atoms. The molecule has 48 valence electrons. The number of pyridine rings is 1. The number of H-pyrrole nitrogens is 1. The molecule has 1 aromatic heterocycles. The average Bonchev–Trinajstić information content (AvgIpc) is 1.89. The van der Waals surface area contributed by atoms with E-state index in [9.17, 15) is 4.79 Å². The third-order valence-electron chi connectivity index (χ3n) is 1.04. The summed E-state index contributed by atoms with van der Waals surface area (Å²) in [5.74, 6) is 0. The van der Waals surface area contributed by atoms with Gasteiger partial charge in [0.2, 0.25) is 0 Å². The van der Waals surface area contributed by atoms with Crippen molar-refractivity contribution in [3.63, 3.8) is 0 Å². The Morgan fingerprint density at radius 2 is 2.44 bits per heavy atom. The first-order valence-electron chi connectivity index (χ1n) is 2.57. The Morgan fingerprint density at radius 1 is 1.67 bits per heavy atom. The molecule has 9 heavy (non-hydrogen) atoms. The molecule has 0 aliphatic heterocycles. The van der Waals surface area contributed by atoms with Crippen LogP contribution in [0.25, 0.3) is 0 Å². The van der Waals surface area contributed by atoms with Crippen molar-refractivity contribution >= 4 is 15.9 Å². The fourth-order valence-electron chi connectivity index (χ4n) is 0.562. The molecule has 0 aliphatic rings. The fraction of sp³-hybridized carbons (Fsp3) is 0.167. The van der Waals surface area contributed by atoms with Crippen LogP contribution in [-0.4, -0.2) is 4.98 Å². The van der Waals surface area contributed by atoms with Gasteiger partial charge in [-0.15, -0.1) is 0 Å². The van der Waals surface area contributed by atoms with Crippen molar-refractivity contribution in [2.75, 3.05) is 0 Å². The molecular weight excluding hydrogens is 182 g/mol. The molecule has 0 aliphatic carbocycles. The summed E-state index contributed by atoms with van der Waals surface area (Å²) >= 11 is 3.19. The highest BCUT2D eigenvalue weighted by molar-refractivity contribution is 9.08. The van der Waals surface area contributed by atoms with Crippen LogP contribution in [0.3, 0.4) is 0 Å². The van der Waals surface area contributed by atoms with Gasteiger partial charge in [0.1, 0.15) is 0 Å². The van der Waals surface area contributed by atoms with Gasteiger partial charge in [0.15, 0.2) is 0 Å². The minimum atomic E-state index is -0.0191. The van der Waals surface area contributed by atoms with Gasteiger partial charge >= 0.3 is 0 Å². The SMILES string of the molecule is O=c1[nH]cccc1CBr. The summed E-state index contributed by atoms with van der Waals surface area (Å²) in [5, 5.41) is 0.614. The summed E-state index contributed by atoms with van der Waals surface area (Å²) in [7, 11) is 0. The van der Waals surface area contributed by atoms with Crippen molar-refractivity contribution in [3.05, 3.63) is 34.2 Å². The van der Waals surface area contributed by atoms with Crippen LogP contribution in [-0.2, 0) is 5.33 Å². The predicted octanol–water partition coefficient (Wildman–Crippen LogP) is 1.27. The molecule has 1 rings (SSSR count). The molecule has 0 amide bonds. The summed E-state index contributed by atoms with van der Waals surface area (Å²) in [6, 6.07) is 3.59. The quantitative estimate of drug-likeness (QED) is 0.661. The van der Waals surface area contributed by atoms with Gasteiger partial charge in [-0.1, -0.05) is 22.0 Å². The molecule has 0 spiro atoms. The maximum absolute atomic E-state index is 10.8. The summed E-state index contributed by atoms with van der Waals surface area (Å²) in [6.07, 6.45) is 1.62. The van der Waals surface area contributed by atoms with Gasteiger partial charge in [-0.05, 0) is 6.07 Å². The van der Waals surface area contributed by atoms with Crippen LogP contribution in [0.2, 0.25) is 0 Å². The third kappa shape index (κ3) is 1.42. The second-order valence-electron chi connectivity index (χ2n) is 1.66. The van der Waals surface area contributed by atoms with Gasteiger partial charge in [-0.3, -0.25) is 4.79 Å². The molecule has 1 heterocycles.